The molecule has 0 spiro atoms. The van der Waals surface area contributed by atoms with Gasteiger partial charge in [0.05, 0.1) is 18.1 Å². The third-order valence-electron chi connectivity index (χ3n) is 4.53. The molecule has 0 atom stereocenters. The number of ether oxygens (including phenoxy) is 1. The number of nitrogens with zero attached hydrogens (tertiary/aromatic N) is 1. The van der Waals surface area contributed by atoms with Gasteiger partial charge >= 0.3 is 0 Å². The molecular formula is C23H30ClN3O. The van der Waals surface area contributed by atoms with E-state index in [1.54, 1.807) is 0 Å². The zero-order chi connectivity index (χ0) is 20.2. The van der Waals surface area contributed by atoms with Crippen molar-refractivity contribution in [2.45, 2.75) is 38.6 Å². The van der Waals surface area contributed by atoms with Crippen molar-refractivity contribution in [1.82, 2.24) is 5.32 Å². The van der Waals surface area contributed by atoms with Gasteiger partial charge in [0.2, 0.25) is 0 Å². The Balaban J connectivity index is 1.55. The Morgan fingerprint density at radius 2 is 1.82 bits per heavy atom. The molecule has 0 heterocycles. The highest BCUT2D eigenvalue weighted by atomic mass is 35.5. The van der Waals surface area contributed by atoms with Gasteiger partial charge in [-0.15, -0.1) is 0 Å². The molecule has 0 aromatic heterocycles. The molecule has 0 aliphatic rings. The van der Waals surface area contributed by atoms with E-state index >= 15 is 0 Å². The third kappa shape index (κ3) is 7.90. The van der Waals surface area contributed by atoms with Gasteiger partial charge in [0, 0.05) is 30.4 Å². The molecule has 0 radical (unpaired) electrons. The van der Waals surface area contributed by atoms with Crippen molar-refractivity contribution in [3.8, 4) is 6.07 Å². The summed E-state index contributed by atoms with van der Waals surface area (Å²) in [5.74, 6) is 0. The zero-order valence-corrected chi connectivity index (χ0v) is 17.6. The van der Waals surface area contributed by atoms with Gasteiger partial charge < -0.3 is 15.4 Å². The quantitative estimate of drug-likeness (QED) is 0.485. The summed E-state index contributed by atoms with van der Waals surface area (Å²) in [4.78, 5) is 0. The SMILES string of the molecule is CC(C)(C#N)c1cc(Cl)cc(CNCCCCOCCNc2ccccc2)c1. The number of anilines is 1. The van der Waals surface area contributed by atoms with Gasteiger partial charge in [-0.25, -0.2) is 0 Å². The summed E-state index contributed by atoms with van der Waals surface area (Å²) >= 11 is 6.22. The zero-order valence-electron chi connectivity index (χ0n) is 16.8. The van der Waals surface area contributed by atoms with Gasteiger partial charge in [0.25, 0.3) is 0 Å². The van der Waals surface area contributed by atoms with Crippen LogP contribution in [0, 0.1) is 11.3 Å². The van der Waals surface area contributed by atoms with Gasteiger partial charge in [-0.05, 0) is 68.6 Å². The molecule has 0 aliphatic carbocycles. The van der Waals surface area contributed by atoms with Gasteiger partial charge in [0.15, 0.2) is 0 Å². The van der Waals surface area contributed by atoms with E-state index in [-0.39, 0.29) is 0 Å². The van der Waals surface area contributed by atoms with E-state index < -0.39 is 5.41 Å². The summed E-state index contributed by atoms with van der Waals surface area (Å²) in [6.45, 7) is 7.79. The first-order chi connectivity index (χ1) is 13.5. The molecule has 4 nitrogen and oxygen atoms in total. The minimum Gasteiger partial charge on any atom is -0.383 e. The van der Waals surface area contributed by atoms with Crippen LogP contribution in [0.1, 0.15) is 37.8 Å². The molecule has 0 saturated carbocycles. The van der Waals surface area contributed by atoms with Crippen molar-refractivity contribution in [2.75, 3.05) is 31.6 Å². The number of nitrogens with one attached hydrogen (secondary N) is 2. The highest BCUT2D eigenvalue weighted by molar-refractivity contribution is 6.30. The van der Waals surface area contributed by atoms with E-state index in [9.17, 15) is 5.26 Å². The van der Waals surface area contributed by atoms with Crippen LogP contribution in [-0.2, 0) is 16.7 Å². The molecule has 2 N–H and O–H groups in total. The maximum Gasteiger partial charge on any atom is 0.0766 e. The number of hydrogen-bond acceptors (Lipinski definition) is 4. The number of unbranched alkanes of at least 4 members (excludes halogenated alkanes) is 1. The summed E-state index contributed by atoms with van der Waals surface area (Å²) in [5.41, 5.74) is 2.65. The van der Waals surface area contributed by atoms with Crippen molar-refractivity contribution in [1.29, 1.82) is 5.26 Å². The van der Waals surface area contributed by atoms with Gasteiger partial charge in [-0.1, -0.05) is 35.9 Å². The first-order valence-electron chi connectivity index (χ1n) is 9.80. The minimum absolute atomic E-state index is 0.535. The predicted molar refractivity (Wildman–Crippen MR) is 117 cm³/mol. The van der Waals surface area contributed by atoms with E-state index in [1.165, 1.54) is 0 Å². The molecule has 28 heavy (non-hydrogen) atoms. The number of nitriles is 1. The van der Waals surface area contributed by atoms with Crippen molar-refractivity contribution in [3.63, 3.8) is 0 Å². The Hall–Kier alpha value is -2.06. The maximum atomic E-state index is 9.31. The molecule has 2 aromatic carbocycles. The molecule has 2 rings (SSSR count). The van der Waals surface area contributed by atoms with Crippen molar-refractivity contribution < 1.29 is 4.74 Å². The minimum atomic E-state index is -0.535. The normalized spacial score (nSPS) is 11.2. The van der Waals surface area contributed by atoms with Crippen molar-refractivity contribution in [2.24, 2.45) is 0 Å². The average Bonchev–Trinajstić information content (AvgIpc) is 2.69. The lowest BCUT2D eigenvalue weighted by Crippen LogP contribution is -2.18. The van der Waals surface area contributed by atoms with E-state index in [0.29, 0.717) is 11.6 Å². The van der Waals surface area contributed by atoms with Crippen LogP contribution in [0.15, 0.2) is 48.5 Å². The van der Waals surface area contributed by atoms with Crippen LogP contribution in [0.4, 0.5) is 5.69 Å². The van der Waals surface area contributed by atoms with Crippen LogP contribution in [0.25, 0.3) is 0 Å². The average molecular weight is 400 g/mol. The molecule has 5 heteroatoms. The largest absolute Gasteiger partial charge is 0.383 e. The molecule has 150 valence electrons. The third-order valence-corrected chi connectivity index (χ3v) is 4.75. The molecular weight excluding hydrogens is 370 g/mol. The van der Waals surface area contributed by atoms with Crippen LogP contribution in [0.2, 0.25) is 5.02 Å². The molecule has 0 saturated heterocycles. The summed E-state index contributed by atoms with van der Waals surface area (Å²) < 4.78 is 5.66. The number of para-hydroxylation sites is 1. The Bertz CT molecular complexity index is 756. The Labute approximate surface area is 173 Å². The molecule has 0 fully saturated rings. The first kappa shape index (κ1) is 22.2. The van der Waals surface area contributed by atoms with Gasteiger partial charge in [-0.3, -0.25) is 0 Å². The Morgan fingerprint density at radius 1 is 1.04 bits per heavy atom. The Morgan fingerprint density at radius 3 is 2.57 bits per heavy atom. The molecule has 2 aromatic rings. The van der Waals surface area contributed by atoms with E-state index in [4.69, 9.17) is 16.3 Å². The smallest absolute Gasteiger partial charge is 0.0766 e. The highest BCUT2D eigenvalue weighted by Crippen LogP contribution is 2.26. The Kier molecular flexibility index (Phi) is 9.30. The second-order valence-corrected chi connectivity index (χ2v) is 7.81. The number of rotatable bonds is 12. The summed E-state index contributed by atoms with van der Waals surface area (Å²) in [6, 6.07) is 18.4. The monoisotopic (exact) mass is 399 g/mol. The number of hydrogen-bond donors (Lipinski definition) is 2. The first-order valence-corrected chi connectivity index (χ1v) is 10.2. The summed E-state index contributed by atoms with van der Waals surface area (Å²) in [7, 11) is 0. The second kappa shape index (κ2) is 11.7. The van der Waals surface area contributed by atoms with Gasteiger partial charge in [-0.2, -0.15) is 5.26 Å². The fourth-order valence-corrected chi connectivity index (χ4v) is 3.05. The molecule has 0 unspecified atom stereocenters. The van der Waals surface area contributed by atoms with Crippen LogP contribution < -0.4 is 10.6 Å². The lowest BCUT2D eigenvalue weighted by atomic mass is 9.85. The number of benzene rings is 2. The number of halogens is 1. The van der Waals surface area contributed by atoms with Crippen molar-refractivity contribution >= 4 is 17.3 Å². The van der Waals surface area contributed by atoms with Crippen LogP contribution >= 0.6 is 11.6 Å². The summed E-state index contributed by atoms with van der Waals surface area (Å²) in [5, 5.41) is 16.8. The lowest BCUT2D eigenvalue weighted by Gasteiger charge is -2.17. The fourth-order valence-electron chi connectivity index (χ4n) is 2.79. The van der Waals surface area contributed by atoms with Crippen LogP contribution in [0.3, 0.4) is 0 Å². The van der Waals surface area contributed by atoms with E-state index in [1.807, 2.05) is 44.2 Å². The van der Waals surface area contributed by atoms with Crippen LogP contribution in [-0.4, -0.2) is 26.3 Å². The maximum absolute atomic E-state index is 9.31. The highest BCUT2D eigenvalue weighted by Gasteiger charge is 2.20. The van der Waals surface area contributed by atoms with E-state index in [0.717, 1.165) is 55.9 Å². The predicted octanol–water partition coefficient (Wildman–Crippen LogP) is 5.14. The molecule has 0 amide bonds. The van der Waals surface area contributed by atoms with Crippen molar-refractivity contribution in [3.05, 3.63) is 64.7 Å². The summed E-state index contributed by atoms with van der Waals surface area (Å²) in [6.07, 6.45) is 2.09. The van der Waals surface area contributed by atoms with Gasteiger partial charge in [0.1, 0.15) is 0 Å². The fraction of sp³-hybridized carbons (Fsp3) is 0.435. The molecule has 0 aliphatic heterocycles. The topological polar surface area (TPSA) is 57.1 Å². The van der Waals surface area contributed by atoms with Crippen LogP contribution in [0.5, 0.6) is 0 Å². The second-order valence-electron chi connectivity index (χ2n) is 7.37. The van der Waals surface area contributed by atoms with E-state index in [2.05, 4.69) is 34.9 Å². The molecule has 0 bridgehead atoms. The standard InChI is InChI=1S/C23H30ClN3O/c1-23(2,18-25)20-14-19(15-21(24)16-20)17-26-10-6-7-12-28-13-11-27-22-8-4-3-5-9-22/h3-5,8-9,14-16,26-27H,6-7,10-13,17H2,1-2H3. The lowest BCUT2D eigenvalue weighted by molar-refractivity contribution is 0.140.